The number of nitrogens with zero attached hydrogens (tertiary/aromatic N) is 4. The second kappa shape index (κ2) is 7.07. The maximum absolute atomic E-state index is 10.1. The largest absolute Gasteiger partial charge is 0.504 e. The van der Waals surface area contributed by atoms with Crippen LogP contribution in [0.15, 0.2) is 48.5 Å². The number of aromatic nitrogens is 4. The lowest BCUT2D eigenvalue weighted by Gasteiger charge is -2.10. The van der Waals surface area contributed by atoms with Crippen molar-refractivity contribution in [2.24, 2.45) is 0 Å². The topological polar surface area (TPSA) is 91.0 Å². The Morgan fingerprint density at radius 3 is 2.32 bits per heavy atom. The van der Waals surface area contributed by atoms with Gasteiger partial charge in [0.25, 0.3) is 0 Å². The first kappa shape index (κ1) is 17.6. The zero-order valence-corrected chi connectivity index (χ0v) is 15.6. The Morgan fingerprint density at radius 2 is 1.61 bits per heavy atom. The molecule has 2 aromatic heterocycles. The van der Waals surface area contributed by atoms with Gasteiger partial charge in [-0.15, -0.1) is 10.2 Å². The molecule has 0 unspecified atom stereocenters. The maximum Gasteiger partial charge on any atom is 0.189 e. The zero-order chi connectivity index (χ0) is 19.7. The average Bonchev–Trinajstić information content (AvgIpc) is 3.16. The predicted molar refractivity (Wildman–Crippen MR) is 103 cm³/mol. The molecular weight excluding hydrogens is 360 g/mol. The molecule has 0 saturated heterocycles. The van der Waals surface area contributed by atoms with E-state index in [1.807, 2.05) is 30.3 Å². The molecule has 1 N–H and O–H groups in total. The summed E-state index contributed by atoms with van der Waals surface area (Å²) in [7, 11) is 4.69. The van der Waals surface area contributed by atoms with Gasteiger partial charge in [0, 0.05) is 5.56 Å². The monoisotopic (exact) mass is 378 g/mol. The Hall–Kier alpha value is -3.81. The highest BCUT2D eigenvalue weighted by molar-refractivity contribution is 5.70. The minimum Gasteiger partial charge on any atom is -0.504 e. The molecule has 2 heterocycles. The fourth-order valence-electron chi connectivity index (χ4n) is 2.95. The summed E-state index contributed by atoms with van der Waals surface area (Å²) in [5, 5.41) is 23.2. The van der Waals surface area contributed by atoms with Gasteiger partial charge in [-0.2, -0.15) is 9.61 Å². The van der Waals surface area contributed by atoms with Gasteiger partial charge in [0.15, 0.2) is 23.0 Å². The SMILES string of the molecule is COc1ccc(OC)c(-c2nnc3ccc(-c4ccc(OC)c(O)c4)nn23)c1. The highest BCUT2D eigenvalue weighted by atomic mass is 16.5. The Morgan fingerprint density at radius 1 is 0.821 bits per heavy atom. The van der Waals surface area contributed by atoms with Crippen molar-refractivity contribution >= 4 is 5.65 Å². The van der Waals surface area contributed by atoms with E-state index >= 15 is 0 Å². The molecular formula is C20H18N4O4. The van der Waals surface area contributed by atoms with Crippen molar-refractivity contribution in [3.8, 4) is 45.6 Å². The number of fused-ring (bicyclic) bond motifs is 1. The molecule has 0 fully saturated rings. The molecule has 0 amide bonds. The number of benzene rings is 2. The van der Waals surface area contributed by atoms with Crippen LogP contribution in [0.2, 0.25) is 0 Å². The summed E-state index contributed by atoms with van der Waals surface area (Å²) < 4.78 is 17.5. The minimum atomic E-state index is 0.0420. The molecule has 28 heavy (non-hydrogen) atoms. The zero-order valence-electron chi connectivity index (χ0n) is 15.6. The molecule has 4 aromatic rings. The molecule has 0 atom stereocenters. The van der Waals surface area contributed by atoms with Crippen LogP contribution in [0.5, 0.6) is 23.0 Å². The smallest absolute Gasteiger partial charge is 0.189 e. The number of aromatic hydroxyl groups is 1. The third-order valence-corrected chi connectivity index (χ3v) is 4.38. The molecule has 0 spiro atoms. The van der Waals surface area contributed by atoms with Crippen LogP contribution >= 0.6 is 0 Å². The van der Waals surface area contributed by atoms with Gasteiger partial charge in [-0.05, 0) is 48.5 Å². The van der Waals surface area contributed by atoms with Gasteiger partial charge in [0.2, 0.25) is 0 Å². The number of hydrogen-bond donors (Lipinski definition) is 1. The first-order valence-corrected chi connectivity index (χ1v) is 8.47. The van der Waals surface area contributed by atoms with E-state index in [-0.39, 0.29) is 5.75 Å². The number of rotatable bonds is 5. The standard InChI is InChI=1S/C20H18N4O4/c1-26-13-5-8-17(27-2)14(11-13)20-22-21-19-9-6-15(23-24(19)20)12-4-7-18(28-3)16(25)10-12/h4-11,25H,1-3H3. The number of methoxy groups -OCH3 is 3. The minimum absolute atomic E-state index is 0.0420. The van der Waals surface area contributed by atoms with E-state index in [2.05, 4.69) is 15.3 Å². The molecule has 0 aliphatic carbocycles. The second-order valence-electron chi connectivity index (χ2n) is 5.97. The summed E-state index contributed by atoms with van der Waals surface area (Å²) in [6, 6.07) is 14.2. The lowest BCUT2D eigenvalue weighted by atomic mass is 10.1. The number of phenols is 1. The Labute approximate surface area is 160 Å². The summed E-state index contributed by atoms with van der Waals surface area (Å²) in [4.78, 5) is 0. The number of phenolic OH excluding ortho intramolecular Hbond substituents is 1. The van der Waals surface area contributed by atoms with E-state index in [4.69, 9.17) is 14.2 Å². The van der Waals surface area contributed by atoms with Crippen LogP contribution in [-0.4, -0.2) is 46.2 Å². The third-order valence-electron chi connectivity index (χ3n) is 4.38. The van der Waals surface area contributed by atoms with Gasteiger partial charge in [-0.3, -0.25) is 0 Å². The quantitative estimate of drug-likeness (QED) is 0.570. The third kappa shape index (κ3) is 2.94. The highest BCUT2D eigenvalue weighted by Crippen LogP contribution is 2.34. The van der Waals surface area contributed by atoms with Gasteiger partial charge >= 0.3 is 0 Å². The summed E-state index contributed by atoms with van der Waals surface area (Å²) in [6.45, 7) is 0. The van der Waals surface area contributed by atoms with Gasteiger partial charge in [0.05, 0.1) is 32.6 Å². The van der Waals surface area contributed by atoms with Crippen molar-refractivity contribution in [3.63, 3.8) is 0 Å². The van der Waals surface area contributed by atoms with Gasteiger partial charge in [-0.1, -0.05) is 0 Å². The van der Waals surface area contributed by atoms with Crippen molar-refractivity contribution in [2.75, 3.05) is 21.3 Å². The average molecular weight is 378 g/mol. The van der Waals surface area contributed by atoms with Gasteiger partial charge in [0.1, 0.15) is 11.5 Å². The fraction of sp³-hybridized carbons (Fsp3) is 0.150. The normalized spacial score (nSPS) is 10.8. The van der Waals surface area contributed by atoms with Crippen molar-refractivity contribution in [2.45, 2.75) is 0 Å². The first-order valence-electron chi connectivity index (χ1n) is 8.47. The van der Waals surface area contributed by atoms with E-state index in [1.54, 1.807) is 36.9 Å². The lowest BCUT2D eigenvalue weighted by Crippen LogP contribution is -1.99. The van der Waals surface area contributed by atoms with Gasteiger partial charge in [-0.25, -0.2) is 0 Å². The van der Waals surface area contributed by atoms with E-state index in [1.165, 1.54) is 7.11 Å². The molecule has 0 aliphatic rings. The molecule has 0 radical (unpaired) electrons. The molecule has 8 heteroatoms. The van der Waals surface area contributed by atoms with Gasteiger partial charge < -0.3 is 19.3 Å². The lowest BCUT2D eigenvalue weighted by molar-refractivity contribution is 0.373. The summed E-state index contributed by atoms with van der Waals surface area (Å²) in [6.07, 6.45) is 0. The van der Waals surface area contributed by atoms with E-state index in [9.17, 15) is 5.11 Å². The molecule has 0 saturated carbocycles. The Balaban J connectivity index is 1.87. The molecule has 0 bridgehead atoms. The summed E-state index contributed by atoms with van der Waals surface area (Å²) >= 11 is 0. The van der Waals surface area contributed by atoms with Crippen molar-refractivity contribution in [1.29, 1.82) is 0 Å². The van der Waals surface area contributed by atoms with Crippen molar-refractivity contribution in [1.82, 2.24) is 19.8 Å². The maximum atomic E-state index is 10.1. The van der Waals surface area contributed by atoms with Crippen LogP contribution in [0.25, 0.3) is 28.3 Å². The number of ether oxygens (including phenoxy) is 3. The van der Waals surface area contributed by atoms with Crippen LogP contribution in [-0.2, 0) is 0 Å². The molecule has 142 valence electrons. The van der Waals surface area contributed by atoms with E-state index in [0.29, 0.717) is 40.0 Å². The van der Waals surface area contributed by atoms with Crippen molar-refractivity contribution < 1.29 is 19.3 Å². The Bertz CT molecular complexity index is 1160. The second-order valence-corrected chi connectivity index (χ2v) is 5.97. The molecule has 4 rings (SSSR count). The first-order chi connectivity index (χ1) is 13.6. The van der Waals surface area contributed by atoms with Crippen LogP contribution < -0.4 is 14.2 Å². The van der Waals surface area contributed by atoms with Crippen LogP contribution in [0.3, 0.4) is 0 Å². The predicted octanol–water partition coefficient (Wildman–Crippen LogP) is 3.19. The van der Waals surface area contributed by atoms with Crippen LogP contribution in [0, 0.1) is 0 Å². The van der Waals surface area contributed by atoms with Crippen molar-refractivity contribution in [3.05, 3.63) is 48.5 Å². The fourth-order valence-corrected chi connectivity index (χ4v) is 2.95. The number of hydrogen-bond acceptors (Lipinski definition) is 7. The van der Waals surface area contributed by atoms with E-state index < -0.39 is 0 Å². The van der Waals surface area contributed by atoms with E-state index in [0.717, 1.165) is 5.56 Å². The highest BCUT2D eigenvalue weighted by Gasteiger charge is 2.16. The molecule has 2 aromatic carbocycles. The molecule has 0 aliphatic heterocycles. The summed E-state index contributed by atoms with van der Waals surface area (Å²) in [5.74, 6) is 2.26. The molecule has 8 nitrogen and oxygen atoms in total. The summed E-state index contributed by atoms with van der Waals surface area (Å²) in [5.41, 5.74) is 2.67. The van der Waals surface area contributed by atoms with Crippen LogP contribution in [0.1, 0.15) is 0 Å². The Kier molecular flexibility index (Phi) is 4.44. The van der Waals surface area contributed by atoms with Crippen LogP contribution in [0.4, 0.5) is 0 Å².